The largest absolute Gasteiger partial charge is 0.496 e. The van der Waals surface area contributed by atoms with Gasteiger partial charge >= 0.3 is 0 Å². The lowest BCUT2D eigenvalue weighted by molar-refractivity contribution is 0.219. The van der Waals surface area contributed by atoms with Crippen molar-refractivity contribution < 1.29 is 9.13 Å². The molecule has 0 heterocycles. The van der Waals surface area contributed by atoms with Crippen LogP contribution in [0.1, 0.15) is 32.4 Å². The summed E-state index contributed by atoms with van der Waals surface area (Å²) in [6.07, 6.45) is 0. The highest BCUT2D eigenvalue weighted by atomic mass is 19.1. The first-order chi connectivity index (χ1) is 9.38. The van der Waals surface area contributed by atoms with Crippen molar-refractivity contribution in [3.8, 4) is 5.75 Å². The third kappa shape index (κ3) is 4.18. The second-order valence-corrected chi connectivity index (χ2v) is 5.76. The van der Waals surface area contributed by atoms with E-state index in [4.69, 9.17) is 4.74 Å². The van der Waals surface area contributed by atoms with E-state index in [1.807, 2.05) is 6.92 Å². The van der Waals surface area contributed by atoms with Gasteiger partial charge in [0.2, 0.25) is 0 Å². The maximum atomic E-state index is 14.0. The fraction of sp³-hybridized carbons (Fsp3) is 0.625. The predicted molar refractivity (Wildman–Crippen MR) is 81.7 cm³/mol. The number of likely N-dealkylation sites (N-methyl/N-ethyl adjacent to an activating group) is 1. The Labute approximate surface area is 122 Å². The third-order valence-corrected chi connectivity index (χ3v) is 3.73. The minimum absolute atomic E-state index is 0.0904. The van der Waals surface area contributed by atoms with Crippen LogP contribution in [0, 0.1) is 11.7 Å². The molecule has 0 aliphatic heterocycles. The summed E-state index contributed by atoms with van der Waals surface area (Å²) in [6.45, 7) is 7.17. The van der Waals surface area contributed by atoms with Gasteiger partial charge in [-0.1, -0.05) is 19.9 Å². The summed E-state index contributed by atoms with van der Waals surface area (Å²) in [5.74, 6) is 0.901. The van der Waals surface area contributed by atoms with Crippen LogP contribution in [0.15, 0.2) is 18.2 Å². The maximum Gasteiger partial charge on any atom is 0.131 e. The number of ether oxygens (including phenoxy) is 1. The summed E-state index contributed by atoms with van der Waals surface area (Å²) in [5.41, 5.74) is 0.594. The maximum absolute atomic E-state index is 14.0. The summed E-state index contributed by atoms with van der Waals surface area (Å²) in [6, 6.07) is 5.26. The molecule has 1 aromatic rings. The fourth-order valence-electron chi connectivity index (χ4n) is 2.53. The molecule has 2 unspecified atom stereocenters. The Morgan fingerprint density at radius 2 is 1.90 bits per heavy atom. The zero-order valence-electron chi connectivity index (χ0n) is 13.4. The van der Waals surface area contributed by atoms with E-state index in [1.165, 1.54) is 6.07 Å². The van der Waals surface area contributed by atoms with Gasteiger partial charge in [-0.05, 0) is 39.1 Å². The van der Waals surface area contributed by atoms with Crippen LogP contribution in [0.4, 0.5) is 4.39 Å². The zero-order valence-corrected chi connectivity index (χ0v) is 13.4. The van der Waals surface area contributed by atoms with E-state index in [0.29, 0.717) is 23.3 Å². The number of nitrogens with zero attached hydrogens (tertiary/aromatic N) is 1. The van der Waals surface area contributed by atoms with Gasteiger partial charge in [0.1, 0.15) is 11.6 Å². The van der Waals surface area contributed by atoms with Gasteiger partial charge in [0.15, 0.2) is 0 Å². The van der Waals surface area contributed by atoms with Crippen molar-refractivity contribution in [3.05, 3.63) is 29.6 Å². The molecular weight excluding hydrogens is 255 g/mol. The Balaban J connectivity index is 2.79. The first-order valence-electron chi connectivity index (χ1n) is 7.10. The van der Waals surface area contributed by atoms with E-state index in [2.05, 4.69) is 38.2 Å². The van der Waals surface area contributed by atoms with Crippen molar-refractivity contribution in [1.29, 1.82) is 0 Å². The molecule has 4 heteroatoms. The fourth-order valence-corrected chi connectivity index (χ4v) is 2.53. The smallest absolute Gasteiger partial charge is 0.131 e. The van der Waals surface area contributed by atoms with Crippen molar-refractivity contribution in [1.82, 2.24) is 10.2 Å². The van der Waals surface area contributed by atoms with Crippen LogP contribution in [0.2, 0.25) is 0 Å². The molecule has 0 spiro atoms. The van der Waals surface area contributed by atoms with Crippen LogP contribution in [-0.4, -0.2) is 38.7 Å². The lowest BCUT2D eigenvalue weighted by Gasteiger charge is -2.30. The Kier molecular flexibility index (Phi) is 6.43. The van der Waals surface area contributed by atoms with Crippen LogP contribution >= 0.6 is 0 Å². The van der Waals surface area contributed by atoms with Gasteiger partial charge in [0, 0.05) is 24.2 Å². The monoisotopic (exact) mass is 282 g/mol. The minimum Gasteiger partial charge on any atom is -0.496 e. The van der Waals surface area contributed by atoms with Gasteiger partial charge in [-0.3, -0.25) is 0 Å². The Morgan fingerprint density at radius 1 is 1.25 bits per heavy atom. The van der Waals surface area contributed by atoms with Crippen LogP contribution in [0.3, 0.4) is 0 Å². The van der Waals surface area contributed by atoms with Crippen LogP contribution in [0.5, 0.6) is 5.75 Å². The van der Waals surface area contributed by atoms with E-state index >= 15 is 0 Å². The van der Waals surface area contributed by atoms with Gasteiger partial charge in [0.05, 0.1) is 7.11 Å². The molecule has 3 nitrogen and oxygen atoms in total. The molecule has 0 radical (unpaired) electrons. The number of halogens is 1. The number of hydrogen-bond acceptors (Lipinski definition) is 3. The molecule has 2 atom stereocenters. The van der Waals surface area contributed by atoms with Gasteiger partial charge in [-0.25, -0.2) is 4.39 Å². The number of methoxy groups -OCH3 is 1. The molecule has 0 fully saturated rings. The average Bonchev–Trinajstić information content (AvgIpc) is 2.37. The second-order valence-electron chi connectivity index (χ2n) is 5.76. The van der Waals surface area contributed by atoms with Gasteiger partial charge < -0.3 is 15.0 Å². The third-order valence-electron chi connectivity index (χ3n) is 3.73. The lowest BCUT2D eigenvalue weighted by atomic mass is 10.0. The van der Waals surface area contributed by atoms with Gasteiger partial charge in [-0.15, -0.1) is 0 Å². The molecular formula is C16H27FN2O. The Morgan fingerprint density at radius 3 is 2.40 bits per heavy atom. The van der Waals surface area contributed by atoms with Crippen molar-refractivity contribution in [2.75, 3.05) is 27.7 Å². The van der Waals surface area contributed by atoms with Crippen molar-refractivity contribution >= 4 is 0 Å². The number of benzene rings is 1. The summed E-state index contributed by atoms with van der Waals surface area (Å²) >= 11 is 0. The van der Waals surface area contributed by atoms with Crippen molar-refractivity contribution in [3.63, 3.8) is 0 Å². The standard InChI is InChI=1S/C16H27FN2O/c1-11(2)14(19(4)5)10-18-12(3)16-13(17)8-7-9-15(16)20-6/h7-9,11-12,14,18H,10H2,1-6H3. The molecule has 0 aromatic heterocycles. The number of hydrogen-bond donors (Lipinski definition) is 1. The van der Waals surface area contributed by atoms with Gasteiger partial charge in [0.25, 0.3) is 0 Å². The summed E-state index contributed by atoms with van der Waals surface area (Å²) in [7, 11) is 5.71. The lowest BCUT2D eigenvalue weighted by Crippen LogP contribution is -2.42. The predicted octanol–water partition coefficient (Wildman–Crippen LogP) is 3.07. The van der Waals surface area contributed by atoms with Crippen molar-refractivity contribution in [2.24, 2.45) is 5.92 Å². The van der Waals surface area contributed by atoms with Crippen molar-refractivity contribution in [2.45, 2.75) is 32.9 Å². The molecule has 0 aliphatic carbocycles. The molecule has 0 bridgehead atoms. The second kappa shape index (κ2) is 7.60. The Hall–Kier alpha value is -1.13. The quantitative estimate of drug-likeness (QED) is 0.832. The first-order valence-corrected chi connectivity index (χ1v) is 7.10. The molecule has 1 aromatic carbocycles. The minimum atomic E-state index is -0.227. The highest BCUT2D eigenvalue weighted by Crippen LogP contribution is 2.27. The molecule has 0 aliphatic rings. The van der Waals surface area contributed by atoms with Crippen LogP contribution in [0.25, 0.3) is 0 Å². The average molecular weight is 282 g/mol. The molecule has 0 amide bonds. The van der Waals surface area contributed by atoms with E-state index < -0.39 is 0 Å². The van der Waals surface area contributed by atoms with Crippen LogP contribution in [-0.2, 0) is 0 Å². The zero-order chi connectivity index (χ0) is 15.3. The highest BCUT2D eigenvalue weighted by molar-refractivity contribution is 5.36. The molecule has 1 rings (SSSR count). The van der Waals surface area contributed by atoms with E-state index in [9.17, 15) is 4.39 Å². The highest BCUT2D eigenvalue weighted by Gasteiger charge is 2.20. The normalized spacial score (nSPS) is 14.7. The number of nitrogens with one attached hydrogen (secondary N) is 1. The molecule has 0 saturated carbocycles. The summed E-state index contributed by atoms with van der Waals surface area (Å²) in [4.78, 5) is 2.20. The van der Waals surface area contributed by atoms with E-state index in [1.54, 1.807) is 19.2 Å². The van der Waals surface area contributed by atoms with Crippen LogP contribution < -0.4 is 10.1 Å². The van der Waals surface area contributed by atoms with E-state index in [-0.39, 0.29) is 11.9 Å². The molecule has 114 valence electrons. The SMILES string of the molecule is COc1cccc(F)c1C(C)NCC(C(C)C)N(C)C. The summed E-state index contributed by atoms with van der Waals surface area (Å²) < 4.78 is 19.3. The molecule has 20 heavy (non-hydrogen) atoms. The van der Waals surface area contributed by atoms with Gasteiger partial charge in [-0.2, -0.15) is 0 Å². The number of rotatable bonds is 7. The Bertz CT molecular complexity index is 413. The topological polar surface area (TPSA) is 24.5 Å². The molecule has 1 N–H and O–H groups in total. The molecule has 0 saturated heterocycles. The first kappa shape index (κ1) is 16.9. The summed E-state index contributed by atoms with van der Waals surface area (Å²) in [5, 5.41) is 3.42. The van der Waals surface area contributed by atoms with E-state index in [0.717, 1.165) is 6.54 Å².